The summed E-state index contributed by atoms with van der Waals surface area (Å²) in [6, 6.07) is 0. The second-order valence-corrected chi connectivity index (χ2v) is 14.1. The lowest BCUT2D eigenvalue weighted by Crippen LogP contribution is -2.35. The molecule has 0 aromatic rings. The molecule has 10 heteroatoms. The Morgan fingerprint density at radius 2 is 0.974 bits per heavy atom. The lowest BCUT2D eigenvalue weighted by atomic mass is 9.82. The van der Waals surface area contributed by atoms with Gasteiger partial charge in [0.25, 0.3) is 0 Å². The van der Waals surface area contributed by atoms with Gasteiger partial charge in [-0.3, -0.25) is 0 Å². The van der Waals surface area contributed by atoms with E-state index < -0.39 is 0 Å². The zero-order valence-electron chi connectivity index (χ0n) is 24.4. The fourth-order valence-corrected chi connectivity index (χ4v) is 6.56. The molecule has 0 bridgehead atoms. The minimum atomic E-state index is -0.389. The van der Waals surface area contributed by atoms with Gasteiger partial charge in [0.05, 0.1) is 25.3 Å². The summed E-state index contributed by atoms with van der Waals surface area (Å²) in [6.07, 6.45) is 5.77. The van der Waals surface area contributed by atoms with E-state index in [-0.39, 0.29) is 23.0 Å². The Morgan fingerprint density at radius 3 is 1.26 bits per heavy atom. The number of hydrogen-bond donors (Lipinski definition) is 2. The van der Waals surface area contributed by atoms with Crippen LogP contribution >= 0.6 is 48.9 Å². The molecule has 0 amide bonds. The Bertz CT molecular complexity index is 783. The van der Waals surface area contributed by atoms with Crippen molar-refractivity contribution < 1.29 is 10.2 Å². The number of aliphatic hydroxyl groups is 2. The third kappa shape index (κ3) is 10.1. The molecule has 2 saturated heterocycles. The molecule has 2 heterocycles. The van der Waals surface area contributed by atoms with Crippen LogP contribution in [0.4, 0.5) is 0 Å². The molecule has 2 fully saturated rings. The fraction of sp³-hybridized carbons (Fsp3) is 0.857. The van der Waals surface area contributed by atoms with Crippen molar-refractivity contribution in [3.8, 4) is 0 Å². The predicted molar refractivity (Wildman–Crippen MR) is 175 cm³/mol. The van der Waals surface area contributed by atoms with E-state index in [0.717, 1.165) is 98.0 Å². The Balaban J connectivity index is 1.65. The fourth-order valence-electron chi connectivity index (χ4n) is 4.99. The molecule has 2 atom stereocenters. The van der Waals surface area contributed by atoms with Crippen molar-refractivity contribution in [1.29, 1.82) is 0 Å². The van der Waals surface area contributed by atoms with Crippen LogP contribution in [0.15, 0.2) is 0 Å². The molecule has 0 aromatic carbocycles. The molecule has 2 aliphatic heterocycles. The van der Waals surface area contributed by atoms with Crippen LogP contribution in [-0.4, -0.2) is 101 Å². The van der Waals surface area contributed by atoms with Gasteiger partial charge in [-0.2, -0.15) is 0 Å². The van der Waals surface area contributed by atoms with Gasteiger partial charge in [0.15, 0.2) is 10.2 Å². The first-order valence-electron chi connectivity index (χ1n) is 14.2. The molecule has 38 heavy (non-hydrogen) atoms. The van der Waals surface area contributed by atoms with Crippen molar-refractivity contribution >= 4 is 69.1 Å². The molecular formula is C28H50N4O2S4. The van der Waals surface area contributed by atoms with E-state index in [1.165, 1.54) is 0 Å². The normalized spacial score (nSPS) is 18.8. The molecular weight excluding hydrogens is 553 g/mol. The highest BCUT2D eigenvalue weighted by Crippen LogP contribution is 2.31. The van der Waals surface area contributed by atoms with Crippen LogP contribution < -0.4 is 0 Å². The Hall–Kier alpha value is -0.520. The van der Waals surface area contributed by atoms with Crippen LogP contribution in [0.2, 0.25) is 0 Å². The maximum atomic E-state index is 10.6. The van der Waals surface area contributed by atoms with Crippen molar-refractivity contribution in [2.75, 3.05) is 39.3 Å². The van der Waals surface area contributed by atoms with Crippen LogP contribution in [0.1, 0.15) is 92.9 Å². The molecule has 2 aliphatic rings. The van der Waals surface area contributed by atoms with Crippen molar-refractivity contribution in [1.82, 2.24) is 19.6 Å². The first kappa shape index (κ1) is 33.7. The highest BCUT2D eigenvalue weighted by Gasteiger charge is 2.31. The van der Waals surface area contributed by atoms with Crippen molar-refractivity contribution in [2.45, 2.75) is 105 Å². The first-order chi connectivity index (χ1) is 17.7. The quantitative estimate of drug-likeness (QED) is 0.212. The van der Waals surface area contributed by atoms with E-state index in [4.69, 9.17) is 48.9 Å². The summed E-state index contributed by atoms with van der Waals surface area (Å²) in [7, 11) is 0. The molecule has 0 radical (unpaired) electrons. The number of nitrogens with zero attached hydrogens (tertiary/aromatic N) is 4. The molecule has 0 aromatic heterocycles. The van der Waals surface area contributed by atoms with Gasteiger partial charge >= 0.3 is 0 Å². The lowest BCUT2D eigenvalue weighted by Gasteiger charge is -2.30. The third-order valence-corrected chi connectivity index (χ3v) is 9.84. The first-order valence-corrected chi connectivity index (χ1v) is 15.9. The number of likely N-dealkylation sites (N-methyl/N-ethyl adjacent to an activating group) is 2. The summed E-state index contributed by atoms with van der Waals surface area (Å²) >= 11 is 22.2. The minimum absolute atomic E-state index is 0.0859. The van der Waals surface area contributed by atoms with E-state index in [1.54, 1.807) is 0 Å². The van der Waals surface area contributed by atoms with E-state index in [0.29, 0.717) is 12.8 Å². The molecule has 2 N–H and O–H groups in total. The largest absolute Gasteiger partial charge is 0.393 e. The topological polar surface area (TPSA) is 53.4 Å². The predicted octanol–water partition coefficient (Wildman–Crippen LogP) is 5.38. The van der Waals surface area contributed by atoms with Crippen LogP contribution in [-0.2, 0) is 0 Å². The third-order valence-electron chi connectivity index (χ3n) is 8.19. The van der Waals surface area contributed by atoms with Gasteiger partial charge in [-0.05, 0) is 100 Å². The van der Waals surface area contributed by atoms with E-state index in [9.17, 15) is 10.2 Å². The Morgan fingerprint density at radius 1 is 0.632 bits per heavy atom. The van der Waals surface area contributed by atoms with Gasteiger partial charge in [-0.25, -0.2) is 0 Å². The molecule has 2 rings (SSSR count). The van der Waals surface area contributed by atoms with Crippen LogP contribution in [0.25, 0.3) is 0 Å². The van der Waals surface area contributed by atoms with Gasteiger partial charge in [0, 0.05) is 26.2 Å². The van der Waals surface area contributed by atoms with E-state index in [1.807, 2.05) is 0 Å². The van der Waals surface area contributed by atoms with Gasteiger partial charge < -0.3 is 29.8 Å². The van der Waals surface area contributed by atoms with E-state index >= 15 is 0 Å². The van der Waals surface area contributed by atoms with Crippen LogP contribution in [0, 0.1) is 10.8 Å². The maximum Gasteiger partial charge on any atom is 0.176 e. The van der Waals surface area contributed by atoms with Crippen molar-refractivity contribution in [2.24, 2.45) is 10.8 Å². The summed E-state index contributed by atoms with van der Waals surface area (Å²) < 4.78 is 0. The molecule has 6 nitrogen and oxygen atoms in total. The molecule has 0 aliphatic carbocycles. The van der Waals surface area contributed by atoms with Gasteiger partial charge in [-0.15, -0.1) is 0 Å². The second kappa shape index (κ2) is 14.9. The summed E-state index contributed by atoms with van der Waals surface area (Å²) in [5.41, 5.74) is 0.172. The summed E-state index contributed by atoms with van der Waals surface area (Å²) in [6.45, 7) is 18.1. The number of hydrogen-bond acceptors (Lipinski definition) is 6. The highest BCUT2D eigenvalue weighted by molar-refractivity contribution is 7.82. The second-order valence-electron chi connectivity index (χ2n) is 12.5. The monoisotopic (exact) mass is 602 g/mol. The number of aliphatic hydroxyl groups excluding tert-OH is 2. The van der Waals surface area contributed by atoms with Crippen LogP contribution in [0.3, 0.4) is 0 Å². The Kier molecular flexibility index (Phi) is 13.2. The van der Waals surface area contributed by atoms with Crippen LogP contribution in [0.5, 0.6) is 0 Å². The van der Waals surface area contributed by atoms with Crippen molar-refractivity contribution in [3.63, 3.8) is 0 Å². The van der Waals surface area contributed by atoms with E-state index in [2.05, 4.69) is 61.1 Å². The van der Waals surface area contributed by atoms with Gasteiger partial charge in [0.2, 0.25) is 0 Å². The van der Waals surface area contributed by atoms with Gasteiger partial charge in [0.1, 0.15) is 9.98 Å². The Labute approximate surface area is 253 Å². The molecule has 0 spiro atoms. The van der Waals surface area contributed by atoms with Crippen molar-refractivity contribution in [3.05, 3.63) is 0 Å². The zero-order chi connectivity index (χ0) is 28.7. The standard InChI is InChI=1S/C28H50N4O2S4/c1-7-29-19-23(35)31(25(29)37)17-15-27(3,4)13-11-21(33)9-10-22(34)12-14-28(5,6)16-18-32-24(36)20-30(8-2)26(32)38/h21-22,33-34H,7-20H2,1-6H3. The number of thiocarbonyl (C=S) groups is 4. The maximum absolute atomic E-state index is 10.6. The average Bonchev–Trinajstić information content (AvgIpc) is 3.30. The highest BCUT2D eigenvalue weighted by atomic mass is 32.1. The summed E-state index contributed by atoms with van der Waals surface area (Å²) in [5, 5.41) is 22.9. The van der Waals surface area contributed by atoms with Gasteiger partial charge in [-0.1, -0.05) is 52.1 Å². The summed E-state index contributed by atoms with van der Waals surface area (Å²) in [5.74, 6) is 0. The minimum Gasteiger partial charge on any atom is -0.393 e. The summed E-state index contributed by atoms with van der Waals surface area (Å²) in [4.78, 5) is 10.3. The molecule has 218 valence electrons. The smallest absolute Gasteiger partial charge is 0.176 e. The lowest BCUT2D eigenvalue weighted by molar-refractivity contribution is 0.0862. The average molecular weight is 603 g/mol. The molecule has 2 unspecified atom stereocenters. The zero-order valence-corrected chi connectivity index (χ0v) is 27.6. The SMILES string of the molecule is CCN1CC(=S)N(CCC(C)(C)CCC(O)CCC(O)CCC(C)(C)CCN2C(=S)CN(CC)C2=S)C1=S. The number of rotatable bonds is 17. The molecule has 0 saturated carbocycles.